The lowest BCUT2D eigenvalue weighted by Gasteiger charge is -2.26. The molecule has 4 nitrogen and oxygen atoms in total. The summed E-state index contributed by atoms with van der Waals surface area (Å²) >= 11 is 0. The van der Waals surface area contributed by atoms with Crippen molar-refractivity contribution in [1.82, 2.24) is 9.80 Å². The molecule has 0 radical (unpaired) electrons. The Kier molecular flexibility index (Phi) is 34.2. The third-order valence-corrected chi connectivity index (χ3v) is 10.4. The van der Waals surface area contributed by atoms with E-state index in [1.165, 1.54) is 161 Å². The predicted molar refractivity (Wildman–Crippen MR) is 221 cm³/mol. The van der Waals surface area contributed by atoms with Crippen LogP contribution in [0, 0.1) is 0 Å². The van der Waals surface area contributed by atoms with Gasteiger partial charge in [0.25, 0.3) is 0 Å². The standard InChI is InChI=1S/C46H84N2O2/c1-4-6-8-10-12-14-16-18-20-22-24-26-28-30-32-37-42-48(46(49)50-44-40-45-39-35-34-36-41-47(45)3)43-38-33-31-29-27-25-23-21-19-17-15-13-11-9-7-5-2/h12-15,18-21,45H,4-11,16-17,22-44H2,1-3H3. The van der Waals surface area contributed by atoms with Crippen LogP contribution in [0.2, 0.25) is 0 Å². The Morgan fingerprint density at radius 2 is 1.02 bits per heavy atom. The second kappa shape index (κ2) is 37.0. The average molecular weight is 697 g/mol. The number of likely N-dealkylation sites (tertiary alicyclic amines) is 1. The second-order valence-electron chi connectivity index (χ2n) is 15.0. The minimum atomic E-state index is -0.0774. The summed E-state index contributed by atoms with van der Waals surface area (Å²) in [6, 6.07) is 0.555. The maximum atomic E-state index is 13.2. The van der Waals surface area contributed by atoms with Crippen LogP contribution in [0.25, 0.3) is 0 Å². The van der Waals surface area contributed by atoms with Crippen LogP contribution < -0.4 is 0 Å². The monoisotopic (exact) mass is 697 g/mol. The number of carbonyl (C=O) groups is 1. The highest BCUT2D eigenvalue weighted by molar-refractivity contribution is 5.67. The van der Waals surface area contributed by atoms with Gasteiger partial charge in [-0.05, 0) is 110 Å². The Balaban J connectivity index is 2.24. The van der Waals surface area contributed by atoms with Crippen LogP contribution in [-0.2, 0) is 4.74 Å². The van der Waals surface area contributed by atoms with Gasteiger partial charge in [0.05, 0.1) is 6.61 Å². The van der Waals surface area contributed by atoms with Crippen molar-refractivity contribution in [2.75, 3.05) is 33.3 Å². The molecule has 0 aliphatic carbocycles. The summed E-state index contributed by atoms with van der Waals surface area (Å²) in [6.07, 6.45) is 54.7. The fourth-order valence-corrected chi connectivity index (χ4v) is 6.94. The zero-order valence-corrected chi connectivity index (χ0v) is 33.7. The van der Waals surface area contributed by atoms with Crippen molar-refractivity contribution < 1.29 is 9.53 Å². The third-order valence-electron chi connectivity index (χ3n) is 10.4. The lowest BCUT2D eigenvalue weighted by molar-refractivity contribution is 0.0896. The van der Waals surface area contributed by atoms with E-state index in [0.29, 0.717) is 12.6 Å². The fourth-order valence-electron chi connectivity index (χ4n) is 6.94. The highest BCUT2D eigenvalue weighted by atomic mass is 16.6. The lowest BCUT2D eigenvalue weighted by Crippen LogP contribution is -2.36. The Morgan fingerprint density at radius 1 is 0.580 bits per heavy atom. The lowest BCUT2D eigenvalue weighted by atomic mass is 10.1. The van der Waals surface area contributed by atoms with Crippen LogP contribution in [0.3, 0.4) is 0 Å². The largest absolute Gasteiger partial charge is 0.449 e. The smallest absolute Gasteiger partial charge is 0.409 e. The van der Waals surface area contributed by atoms with Gasteiger partial charge in [0.1, 0.15) is 0 Å². The van der Waals surface area contributed by atoms with E-state index in [1.807, 2.05) is 4.90 Å². The van der Waals surface area contributed by atoms with Crippen molar-refractivity contribution in [3.63, 3.8) is 0 Å². The summed E-state index contributed by atoms with van der Waals surface area (Å²) in [5.41, 5.74) is 0. The molecule has 1 aliphatic rings. The molecule has 0 aromatic heterocycles. The van der Waals surface area contributed by atoms with Gasteiger partial charge < -0.3 is 14.5 Å². The van der Waals surface area contributed by atoms with E-state index in [9.17, 15) is 4.79 Å². The maximum absolute atomic E-state index is 13.2. The first kappa shape index (κ1) is 46.2. The van der Waals surface area contributed by atoms with Crippen LogP contribution in [0.15, 0.2) is 48.6 Å². The van der Waals surface area contributed by atoms with Gasteiger partial charge in [0.2, 0.25) is 0 Å². The first-order chi connectivity index (χ1) is 24.7. The number of carbonyl (C=O) groups excluding carboxylic acids is 1. The molecule has 290 valence electrons. The van der Waals surface area contributed by atoms with E-state index >= 15 is 0 Å². The van der Waals surface area contributed by atoms with Gasteiger partial charge in [0.15, 0.2) is 0 Å². The number of nitrogens with zero attached hydrogens (tertiary/aromatic N) is 2. The van der Waals surface area contributed by atoms with Gasteiger partial charge in [-0.25, -0.2) is 4.79 Å². The zero-order valence-electron chi connectivity index (χ0n) is 33.7. The molecule has 1 rings (SSSR count). The Bertz CT molecular complexity index is 799. The van der Waals surface area contributed by atoms with Crippen molar-refractivity contribution in [2.45, 2.75) is 206 Å². The molecular formula is C46H84N2O2. The van der Waals surface area contributed by atoms with Gasteiger partial charge in [-0.3, -0.25) is 0 Å². The summed E-state index contributed by atoms with van der Waals surface area (Å²) < 4.78 is 5.89. The number of allylic oxidation sites excluding steroid dienone is 8. The van der Waals surface area contributed by atoms with E-state index in [1.54, 1.807) is 0 Å². The third kappa shape index (κ3) is 29.9. The van der Waals surface area contributed by atoms with Crippen molar-refractivity contribution in [3.05, 3.63) is 48.6 Å². The Labute approximate surface area is 312 Å². The van der Waals surface area contributed by atoms with E-state index in [0.717, 1.165) is 45.2 Å². The Morgan fingerprint density at radius 3 is 1.50 bits per heavy atom. The molecule has 0 spiro atoms. The second-order valence-corrected chi connectivity index (χ2v) is 15.0. The first-order valence-corrected chi connectivity index (χ1v) is 21.9. The zero-order chi connectivity index (χ0) is 36.0. The minimum Gasteiger partial charge on any atom is -0.449 e. The number of unbranched alkanes of at least 4 members (excludes halogenated alkanes) is 18. The number of hydrogen-bond acceptors (Lipinski definition) is 3. The molecule has 0 bridgehead atoms. The van der Waals surface area contributed by atoms with Gasteiger partial charge >= 0.3 is 6.09 Å². The number of amides is 1. The van der Waals surface area contributed by atoms with E-state index in [-0.39, 0.29) is 6.09 Å². The van der Waals surface area contributed by atoms with Crippen LogP contribution in [0.1, 0.15) is 200 Å². The molecule has 0 aromatic carbocycles. The molecule has 1 unspecified atom stereocenters. The molecule has 0 aromatic rings. The topological polar surface area (TPSA) is 32.8 Å². The summed E-state index contributed by atoms with van der Waals surface area (Å²) in [7, 11) is 2.24. The van der Waals surface area contributed by atoms with Gasteiger partial charge in [0, 0.05) is 19.1 Å². The Hall–Kier alpha value is -1.81. The molecular weight excluding hydrogens is 613 g/mol. The molecule has 0 saturated carbocycles. The van der Waals surface area contributed by atoms with Crippen molar-refractivity contribution in [3.8, 4) is 0 Å². The summed E-state index contributed by atoms with van der Waals surface area (Å²) in [6.45, 7) is 7.94. The van der Waals surface area contributed by atoms with E-state index in [4.69, 9.17) is 4.74 Å². The van der Waals surface area contributed by atoms with Gasteiger partial charge in [-0.15, -0.1) is 0 Å². The van der Waals surface area contributed by atoms with Crippen LogP contribution in [-0.4, -0.2) is 55.2 Å². The molecule has 1 fully saturated rings. The average Bonchev–Trinajstić information content (AvgIpc) is 3.33. The molecule has 1 heterocycles. The van der Waals surface area contributed by atoms with Crippen LogP contribution in [0.5, 0.6) is 0 Å². The number of rotatable bonds is 33. The first-order valence-electron chi connectivity index (χ1n) is 21.9. The molecule has 50 heavy (non-hydrogen) atoms. The quantitative estimate of drug-likeness (QED) is 0.0506. The van der Waals surface area contributed by atoms with Crippen molar-refractivity contribution in [2.24, 2.45) is 0 Å². The highest BCUT2D eigenvalue weighted by Crippen LogP contribution is 2.18. The molecule has 0 N–H and O–H groups in total. The minimum absolute atomic E-state index is 0.0774. The van der Waals surface area contributed by atoms with Crippen molar-refractivity contribution in [1.29, 1.82) is 0 Å². The normalized spacial score (nSPS) is 16.0. The van der Waals surface area contributed by atoms with E-state index in [2.05, 4.69) is 74.4 Å². The highest BCUT2D eigenvalue weighted by Gasteiger charge is 2.19. The van der Waals surface area contributed by atoms with Gasteiger partial charge in [-0.1, -0.05) is 152 Å². The molecule has 1 amide bonds. The van der Waals surface area contributed by atoms with Crippen LogP contribution >= 0.6 is 0 Å². The van der Waals surface area contributed by atoms with Gasteiger partial charge in [-0.2, -0.15) is 0 Å². The summed E-state index contributed by atoms with van der Waals surface area (Å²) in [5.74, 6) is 0. The molecule has 1 saturated heterocycles. The predicted octanol–water partition coefficient (Wildman–Crippen LogP) is 14.3. The van der Waals surface area contributed by atoms with E-state index < -0.39 is 0 Å². The molecule has 4 heteroatoms. The SMILES string of the molecule is CCCCCC=CCC=CCCCCCCCCN(CCCCCCCCC=CCC=CCCCCC)C(=O)OCCC1CCCCCN1C. The summed E-state index contributed by atoms with van der Waals surface area (Å²) in [4.78, 5) is 17.7. The number of ether oxygens (including phenoxy) is 1. The fraction of sp³-hybridized carbons (Fsp3) is 0.804. The summed E-state index contributed by atoms with van der Waals surface area (Å²) in [5, 5.41) is 0. The molecule has 1 atom stereocenters. The van der Waals surface area contributed by atoms with Crippen LogP contribution in [0.4, 0.5) is 4.79 Å². The molecule has 1 aliphatic heterocycles. The number of hydrogen-bond donors (Lipinski definition) is 0. The maximum Gasteiger partial charge on any atom is 0.409 e. The van der Waals surface area contributed by atoms with Crippen molar-refractivity contribution >= 4 is 6.09 Å².